The highest BCUT2D eigenvalue weighted by atomic mass is 32.2. The first-order valence-electron chi connectivity index (χ1n) is 8.00. The summed E-state index contributed by atoms with van der Waals surface area (Å²) in [4.78, 5) is 24.6. The minimum Gasteiger partial charge on any atom is -0.496 e. The molecule has 2 aromatic rings. The number of nitriles is 1. The van der Waals surface area contributed by atoms with Gasteiger partial charge in [0.15, 0.2) is 6.61 Å². The summed E-state index contributed by atoms with van der Waals surface area (Å²) in [5, 5.41) is 11.4. The van der Waals surface area contributed by atoms with Gasteiger partial charge in [-0.15, -0.1) is 11.8 Å². The number of carbonyl (C=O) groups excluding carboxylic acids is 2. The summed E-state index contributed by atoms with van der Waals surface area (Å²) in [6.45, 7) is -0.410. The zero-order valence-corrected chi connectivity index (χ0v) is 15.5. The van der Waals surface area contributed by atoms with Crippen molar-refractivity contribution in [3.8, 4) is 11.8 Å². The third-order valence-corrected chi connectivity index (χ3v) is 4.28. The monoisotopic (exact) mass is 382 g/mol. The number of nitrogens with zero attached hydrogens (tertiary/aromatic N) is 1. The first kappa shape index (κ1) is 20.1. The number of carbonyl (C=O) groups is 2. The van der Waals surface area contributed by atoms with Gasteiger partial charge in [-0.1, -0.05) is 30.3 Å². The van der Waals surface area contributed by atoms with Crippen LogP contribution < -0.4 is 10.1 Å². The quantitative estimate of drug-likeness (QED) is 0.427. The first-order chi connectivity index (χ1) is 13.1. The molecule has 6 nitrogen and oxygen atoms in total. The lowest BCUT2D eigenvalue weighted by atomic mass is 10.2. The van der Waals surface area contributed by atoms with E-state index in [1.54, 1.807) is 43.5 Å². The van der Waals surface area contributed by atoms with Gasteiger partial charge in [-0.2, -0.15) is 5.26 Å². The molecule has 0 unspecified atom stereocenters. The molecule has 1 N–H and O–H groups in total. The molecule has 1 amide bonds. The SMILES string of the molecule is COc1ccccc1/C=C/C(=O)OCC(=O)Nc1ccccc1SCC#N. The van der Waals surface area contributed by atoms with E-state index >= 15 is 0 Å². The van der Waals surface area contributed by atoms with E-state index in [0.29, 0.717) is 11.4 Å². The van der Waals surface area contributed by atoms with Gasteiger partial charge in [0.25, 0.3) is 5.91 Å². The number of amides is 1. The molecule has 0 saturated carbocycles. The standard InChI is InChI=1S/C20H18N2O4S/c1-25-17-8-4-2-6-15(17)10-11-20(24)26-14-19(23)22-16-7-3-5-9-18(16)27-13-12-21/h2-11H,13-14H2,1H3,(H,22,23)/b11-10+. The topological polar surface area (TPSA) is 88.4 Å². The van der Waals surface area contributed by atoms with Crippen LogP contribution in [-0.4, -0.2) is 31.3 Å². The van der Waals surface area contributed by atoms with Crippen molar-refractivity contribution in [3.05, 3.63) is 60.2 Å². The largest absolute Gasteiger partial charge is 0.496 e. The third kappa shape index (κ3) is 6.53. The van der Waals surface area contributed by atoms with Crippen LogP contribution in [0.25, 0.3) is 6.08 Å². The highest BCUT2D eigenvalue weighted by molar-refractivity contribution is 7.99. The van der Waals surface area contributed by atoms with Gasteiger partial charge in [0, 0.05) is 16.5 Å². The Kier molecular flexibility index (Phi) is 7.94. The van der Waals surface area contributed by atoms with Gasteiger partial charge in [0.1, 0.15) is 5.75 Å². The first-order valence-corrected chi connectivity index (χ1v) is 8.99. The zero-order valence-electron chi connectivity index (χ0n) is 14.7. The van der Waals surface area contributed by atoms with E-state index < -0.39 is 18.5 Å². The van der Waals surface area contributed by atoms with E-state index in [-0.39, 0.29) is 5.75 Å². The molecular weight excluding hydrogens is 364 g/mol. The van der Waals surface area contributed by atoms with Gasteiger partial charge >= 0.3 is 5.97 Å². The molecule has 2 aromatic carbocycles. The number of nitrogens with one attached hydrogen (secondary N) is 1. The van der Waals surface area contributed by atoms with E-state index in [1.807, 2.05) is 24.3 Å². The Morgan fingerprint density at radius 2 is 1.93 bits per heavy atom. The minimum atomic E-state index is -0.636. The van der Waals surface area contributed by atoms with Gasteiger partial charge in [0.05, 0.1) is 24.6 Å². The van der Waals surface area contributed by atoms with Gasteiger partial charge < -0.3 is 14.8 Å². The Balaban J connectivity index is 1.88. The van der Waals surface area contributed by atoms with Crippen LogP contribution in [0.1, 0.15) is 5.56 Å². The van der Waals surface area contributed by atoms with Crippen LogP contribution in [0.2, 0.25) is 0 Å². The normalized spacial score (nSPS) is 10.2. The van der Waals surface area contributed by atoms with Crippen molar-refractivity contribution in [2.75, 3.05) is 24.8 Å². The Bertz CT molecular complexity index is 874. The molecular formula is C20H18N2O4S. The summed E-state index contributed by atoms with van der Waals surface area (Å²) in [7, 11) is 1.54. The number of rotatable bonds is 8. The molecule has 138 valence electrons. The second-order valence-corrected chi connectivity index (χ2v) is 6.19. The van der Waals surface area contributed by atoms with Crippen LogP contribution in [0.5, 0.6) is 5.75 Å². The summed E-state index contributed by atoms with van der Waals surface area (Å²) in [6, 6.07) is 16.4. The number of benzene rings is 2. The van der Waals surface area contributed by atoms with Gasteiger partial charge in [-0.25, -0.2) is 4.79 Å². The van der Waals surface area contributed by atoms with Gasteiger partial charge in [-0.3, -0.25) is 4.79 Å². The van der Waals surface area contributed by atoms with Crippen LogP contribution >= 0.6 is 11.8 Å². The number of hydrogen-bond donors (Lipinski definition) is 1. The number of methoxy groups -OCH3 is 1. The number of thioether (sulfide) groups is 1. The van der Waals surface area contributed by atoms with Crippen molar-refractivity contribution in [2.45, 2.75) is 4.90 Å². The zero-order chi connectivity index (χ0) is 19.5. The van der Waals surface area contributed by atoms with Gasteiger partial charge in [0.2, 0.25) is 0 Å². The van der Waals surface area contributed by atoms with Crippen molar-refractivity contribution in [1.82, 2.24) is 0 Å². The van der Waals surface area contributed by atoms with E-state index in [4.69, 9.17) is 14.7 Å². The highest BCUT2D eigenvalue weighted by Crippen LogP contribution is 2.26. The Morgan fingerprint density at radius 1 is 1.19 bits per heavy atom. The molecule has 0 atom stereocenters. The predicted octanol–water partition coefficient (Wildman–Crippen LogP) is 3.51. The van der Waals surface area contributed by atoms with Crippen LogP contribution in [0, 0.1) is 11.3 Å². The maximum absolute atomic E-state index is 12.0. The van der Waals surface area contributed by atoms with Crippen LogP contribution in [0.3, 0.4) is 0 Å². The molecule has 0 aromatic heterocycles. The van der Waals surface area contributed by atoms with Crippen LogP contribution in [0.15, 0.2) is 59.5 Å². The van der Waals surface area contributed by atoms with E-state index in [1.165, 1.54) is 17.8 Å². The molecule has 0 spiro atoms. The number of anilines is 1. The molecule has 0 bridgehead atoms. The fourth-order valence-corrected chi connectivity index (χ4v) is 2.81. The van der Waals surface area contributed by atoms with Crippen LogP contribution in [0.4, 0.5) is 5.69 Å². The summed E-state index contributed by atoms with van der Waals surface area (Å²) < 4.78 is 10.1. The Morgan fingerprint density at radius 3 is 2.70 bits per heavy atom. The summed E-state index contributed by atoms with van der Waals surface area (Å²) >= 11 is 1.32. The fraction of sp³-hybridized carbons (Fsp3) is 0.150. The average molecular weight is 382 g/mol. The summed E-state index contributed by atoms with van der Waals surface area (Å²) in [5.41, 5.74) is 1.30. The molecule has 0 aliphatic rings. The predicted molar refractivity (Wildman–Crippen MR) is 104 cm³/mol. The molecule has 0 aliphatic carbocycles. The van der Waals surface area contributed by atoms with Crippen molar-refractivity contribution >= 4 is 35.4 Å². The lowest BCUT2D eigenvalue weighted by molar-refractivity contribution is -0.142. The highest BCUT2D eigenvalue weighted by Gasteiger charge is 2.09. The molecule has 0 fully saturated rings. The van der Waals surface area contributed by atoms with Crippen LogP contribution in [-0.2, 0) is 14.3 Å². The summed E-state index contributed by atoms with van der Waals surface area (Å²) in [5.74, 6) is -0.191. The molecule has 0 aliphatic heterocycles. The maximum atomic E-state index is 12.0. The average Bonchev–Trinajstić information content (AvgIpc) is 2.70. The van der Waals surface area contributed by atoms with E-state index in [0.717, 1.165) is 10.5 Å². The number of hydrogen-bond acceptors (Lipinski definition) is 6. The van der Waals surface area contributed by atoms with Crippen molar-refractivity contribution < 1.29 is 19.1 Å². The smallest absolute Gasteiger partial charge is 0.331 e. The van der Waals surface area contributed by atoms with Crippen molar-refractivity contribution in [3.63, 3.8) is 0 Å². The Hall–Kier alpha value is -3.24. The number of ether oxygens (including phenoxy) is 2. The van der Waals surface area contributed by atoms with Crippen molar-refractivity contribution in [2.24, 2.45) is 0 Å². The lowest BCUT2D eigenvalue weighted by Gasteiger charge is -2.09. The van der Waals surface area contributed by atoms with Crippen molar-refractivity contribution in [1.29, 1.82) is 5.26 Å². The van der Waals surface area contributed by atoms with E-state index in [2.05, 4.69) is 5.32 Å². The second-order valence-electron chi connectivity index (χ2n) is 5.17. The van der Waals surface area contributed by atoms with E-state index in [9.17, 15) is 9.59 Å². The Labute approximate surface area is 161 Å². The molecule has 7 heteroatoms. The molecule has 27 heavy (non-hydrogen) atoms. The second kappa shape index (κ2) is 10.7. The maximum Gasteiger partial charge on any atom is 0.331 e. The number of para-hydroxylation sites is 2. The molecule has 2 rings (SSSR count). The fourth-order valence-electron chi connectivity index (χ4n) is 2.14. The summed E-state index contributed by atoms with van der Waals surface area (Å²) in [6.07, 6.45) is 2.80. The molecule has 0 radical (unpaired) electrons. The number of esters is 1. The molecule has 0 saturated heterocycles. The lowest BCUT2D eigenvalue weighted by Crippen LogP contribution is -2.20. The minimum absolute atomic E-state index is 0.273. The van der Waals surface area contributed by atoms with Gasteiger partial charge in [-0.05, 0) is 24.3 Å². The molecule has 0 heterocycles. The third-order valence-electron chi connectivity index (χ3n) is 3.34.